The van der Waals surface area contributed by atoms with Crippen LogP contribution in [-0.2, 0) is 4.79 Å². The molecule has 2 fully saturated rings. The highest BCUT2D eigenvalue weighted by atomic mass is 16.3. The Morgan fingerprint density at radius 3 is 2.68 bits per heavy atom. The molecule has 1 unspecified atom stereocenters. The van der Waals surface area contributed by atoms with Crippen LogP contribution in [-0.4, -0.2) is 16.8 Å². The van der Waals surface area contributed by atoms with Gasteiger partial charge in [0.15, 0.2) is 0 Å². The summed E-state index contributed by atoms with van der Waals surface area (Å²) in [5.74, 6) is 1.86. The van der Waals surface area contributed by atoms with Crippen LogP contribution in [0.25, 0.3) is 0 Å². The van der Waals surface area contributed by atoms with Crippen molar-refractivity contribution < 1.29 is 9.21 Å². The van der Waals surface area contributed by atoms with Crippen LogP contribution in [0.15, 0.2) is 22.8 Å². The van der Waals surface area contributed by atoms with Gasteiger partial charge in [-0.3, -0.25) is 4.79 Å². The summed E-state index contributed by atoms with van der Waals surface area (Å²) in [6.07, 6.45) is 9.81. The summed E-state index contributed by atoms with van der Waals surface area (Å²) in [5, 5.41) is 0. The van der Waals surface area contributed by atoms with Gasteiger partial charge >= 0.3 is 0 Å². The van der Waals surface area contributed by atoms with Gasteiger partial charge in [0.25, 0.3) is 0 Å². The minimum absolute atomic E-state index is 0.0800. The predicted octanol–water partition coefficient (Wildman–Crippen LogP) is 3.91. The van der Waals surface area contributed by atoms with Gasteiger partial charge in [-0.15, -0.1) is 0 Å². The number of hydrogen-bond acceptors (Lipinski definition) is 2. The molecule has 0 aromatic carbocycles. The van der Waals surface area contributed by atoms with Crippen LogP contribution >= 0.6 is 0 Å². The van der Waals surface area contributed by atoms with Crippen LogP contribution in [0.4, 0.5) is 0 Å². The lowest BCUT2D eigenvalue weighted by atomic mass is 10.0. The smallest absolute Gasteiger partial charge is 0.223 e. The first-order valence-corrected chi connectivity index (χ1v) is 7.60. The maximum absolute atomic E-state index is 12.6. The normalized spacial score (nSPS) is 21.5. The summed E-state index contributed by atoms with van der Waals surface area (Å²) < 4.78 is 5.48. The first-order chi connectivity index (χ1) is 9.25. The third-order valence-corrected chi connectivity index (χ3v) is 4.54. The van der Waals surface area contributed by atoms with Crippen molar-refractivity contribution in [3.8, 4) is 0 Å². The van der Waals surface area contributed by atoms with E-state index >= 15 is 0 Å². The van der Waals surface area contributed by atoms with Gasteiger partial charge in [0.1, 0.15) is 5.76 Å². The van der Waals surface area contributed by atoms with Crippen molar-refractivity contribution in [3.05, 3.63) is 24.2 Å². The Bertz CT molecular complexity index is 416. The first-order valence-electron chi connectivity index (χ1n) is 7.60. The van der Waals surface area contributed by atoms with E-state index in [1.807, 2.05) is 12.1 Å². The molecule has 0 bridgehead atoms. The standard InChI is InChI=1S/C16H23NO2/c1-12(15-7-4-10-19-15)17(14-8-9-14)16(18)11-13-5-2-3-6-13/h4,7,10,12-14H,2-3,5-6,8-9,11H2,1H3. The predicted molar refractivity (Wildman–Crippen MR) is 73.6 cm³/mol. The van der Waals surface area contributed by atoms with E-state index in [-0.39, 0.29) is 6.04 Å². The number of carbonyl (C=O) groups excluding carboxylic acids is 1. The molecule has 0 aliphatic heterocycles. The van der Waals surface area contributed by atoms with E-state index in [1.165, 1.54) is 25.7 Å². The lowest BCUT2D eigenvalue weighted by molar-refractivity contribution is -0.135. The highest BCUT2D eigenvalue weighted by Crippen LogP contribution is 2.37. The second-order valence-electron chi connectivity index (χ2n) is 6.08. The van der Waals surface area contributed by atoms with E-state index in [0.29, 0.717) is 17.9 Å². The molecule has 1 heterocycles. The second-order valence-corrected chi connectivity index (χ2v) is 6.08. The fourth-order valence-electron chi connectivity index (χ4n) is 3.32. The van der Waals surface area contributed by atoms with E-state index in [4.69, 9.17) is 4.42 Å². The molecule has 3 nitrogen and oxygen atoms in total. The molecular weight excluding hydrogens is 238 g/mol. The molecule has 1 amide bonds. The van der Waals surface area contributed by atoms with Crippen LogP contribution in [0.1, 0.15) is 63.7 Å². The van der Waals surface area contributed by atoms with Crippen molar-refractivity contribution in [2.45, 2.75) is 64.0 Å². The lowest BCUT2D eigenvalue weighted by Crippen LogP contribution is -2.36. The Hall–Kier alpha value is -1.25. The molecule has 1 atom stereocenters. The summed E-state index contributed by atoms with van der Waals surface area (Å²) in [6, 6.07) is 4.41. The number of carbonyl (C=O) groups is 1. The van der Waals surface area contributed by atoms with Gasteiger partial charge < -0.3 is 9.32 Å². The molecule has 2 saturated carbocycles. The Morgan fingerprint density at radius 1 is 1.37 bits per heavy atom. The van der Waals surface area contributed by atoms with Crippen LogP contribution in [0, 0.1) is 5.92 Å². The zero-order valence-electron chi connectivity index (χ0n) is 11.7. The van der Waals surface area contributed by atoms with Crippen molar-refractivity contribution >= 4 is 5.91 Å². The maximum atomic E-state index is 12.6. The van der Waals surface area contributed by atoms with Gasteiger partial charge in [0.2, 0.25) is 5.91 Å². The van der Waals surface area contributed by atoms with E-state index in [0.717, 1.165) is 25.0 Å². The van der Waals surface area contributed by atoms with E-state index in [2.05, 4.69) is 11.8 Å². The van der Waals surface area contributed by atoms with Crippen molar-refractivity contribution in [3.63, 3.8) is 0 Å². The molecule has 0 radical (unpaired) electrons. The van der Waals surface area contributed by atoms with Crippen LogP contribution in [0.2, 0.25) is 0 Å². The topological polar surface area (TPSA) is 33.5 Å². The molecule has 1 aromatic heterocycles. The summed E-state index contributed by atoms with van der Waals surface area (Å²) in [5.41, 5.74) is 0. The molecular formula is C16H23NO2. The zero-order valence-corrected chi connectivity index (χ0v) is 11.7. The van der Waals surface area contributed by atoms with Crippen molar-refractivity contribution in [2.75, 3.05) is 0 Å². The average molecular weight is 261 g/mol. The number of amides is 1. The maximum Gasteiger partial charge on any atom is 0.223 e. The summed E-state index contributed by atoms with van der Waals surface area (Å²) in [6.45, 7) is 2.09. The van der Waals surface area contributed by atoms with Crippen LogP contribution in [0.5, 0.6) is 0 Å². The molecule has 0 spiro atoms. The van der Waals surface area contributed by atoms with Crippen molar-refractivity contribution in [2.24, 2.45) is 5.92 Å². The highest BCUT2D eigenvalue weighted by Gasteiger charge is 2.37. The minimum Gasteiger partial charge on any atom is -0.467 e. The fourth-order valence-corrected chi connectivity index (χ4v) is 3.32. The molecule has 1 aromatic rings. The van der Waals surface area contributed by atoms with Crippen molar-refractivity contribution in [1.29, 1.82) is 0 Å². The number of rotatable bonds is 5. The highest BCUT2D eigenvalue weighted by molar-refractivity contribution is 5.77. The zero-order chi connectivity index (χ0) is 13.2. The molecule has 0 saturated heterocycles. The number of furan rings is 1. The number of hydrogen-bond donors (Lipinski definition) is 0. The average Bonchev–Trinajstić information content (AvgIpc) is 2.91. The van der Waals surface area contributed by atoms with Crippen LogP contribution in [0.3, 0.4) is 0 Å². The third-order valence-electron chi connectivity index (χ3n) is 4.54. The number of nitrogens with zero attached hydrogens (tertiary/aromatic N) is 1. The van der Waals surface area contributed by atoms with Crippen molar-refractivity contribution in [1.82, 2.24) is 4.90 Å². The first kappa shape index (κ1) is 12.8. The monoisotopic (exact) mass is 261 g/mol. The quantitative estimate of drug-likeness (QED) is 0.805. The Morgan fingerprint density at radius 2 is 2.11 bits per heavy atom. The molecule has 0 N–H and O–H groups in total. The summed E-state index contributed by atoms with van der Waals surface area (Å²) >= 11 is 0. The minimum atomic E-state index is 0.0800. The molecule has 2 aliphatic rings. The van der Waals surface area contributed by atoms with E-state index in [9.17, 15) is 4.79 Å². The molecule has 3 rings (SSSR count). The Kier molecular flexibility index (Phi) is 3.63. The van der Waals surface area contributed by atoms with Gasteiger partial charge in [-0.1, -0.05) is 12.8 Å². The molecule has 2 aliphatic carbocycles. The van der Waals surface area contributed by atoms with Gasteiger partial charge in [-0.25, -0.2) is 0 Å². The molecule has 104 valence electrons. The molecule has 3 heteroatoms. The van der Waals surface area contributed by atoms with Gasteiger partial charge in [-0.05, 0) is 50.7 Å². The molecule has 19 heavy (non-hydrogen) atoms. The fraction of sp³-hybridized carbons (Fsp3) is 0.688. The summed E-state index contributed by atoms with van der Waals surface area (Å²) in [4.78, 5) is 14.7. The van der Waals surface area contributed by atoms with E-state index < -0.39 is 0 Å². The van der Waals surface area contributed by atoms with Gasteiger partial charge in [0, 0.05) is 12.5 Å². The Labute approximate surface area is 115 Å². The van der Waals surface area contributed by atoms with Crippen LogP contribution < -0.4 is 0 Å². The van der Waals surface area contributed by atoms with Gasteiger partial charge in [-0.2, -0.15) is 0 Å². The SMILES string of the molecule is CC(c1ccco1)N(C(=O)CC1CCCC1)C1CC1. The largest absolute Gasteiger partial charge is 0.467 e. The summed E-state index contributed by atoms with van der Waals surface area (Å²) in [7, 11) is 0. The second kappa shape index (κ2) is 5.40. The third kappa shape index (κ3) is 2.85. The van der Waals surface area contributed by atoms with E-state index in [1.54, 1.807) is 6.26 Å². The lowest BCUT2D eigenvalue weighted by Gasteiger charge is -2.29. The Balaban J connectivity index is 1.67. The van der Waals surface area contributed by atoms with Gasteiger partial charge in [0.05, 0.1) is 12.3 Å².